The maximum absolute atomic E-state index is 4.77. The van der Waals surface area contributed by atoms with Crippen molar-refractivity contribution in [2.24, 2.45) is 0 Å². The molecule has 0 aliphatic heterocycles. The summed E-state index contributed by atoms with van der Waals surface area (Å²) in [4.78, 5) is 2.33. The normalized spacial score (nSPS) is 10.9. The topological polar surface area (TPSA) is 12.5 Å². The van der Waals surface area contributed by atoms with Crippen molar-refractivity contribution in [3.05, 3.63) is 43.0 Å². The average Bonchev–Trinajstić information content (AvgIpc) is 2.26. The summed E-state index contributed by atoms with van der Waals surface area (Å²) in [7, 11) is 5.51. The molecular weight excluding hydrogens is 186 g/mol. The lowest BCUT2D eigenvalue weighted by Crippen LogP contribution is -2.19. The summed E-state index contributed by atoms with van der Waals surface area (Å²) in [5, 5.41) is 0. The van der Waals surface area contributed by atoms with Crippen LogP contribution in [0, 0.1) is 7.11 Å². The molecule has 0 aromatic heterocycles. The Balaban J connectivity index is 2.16. The van der Waals surface area contributed by atoms with E-state index < -0.39 is 0 Å². The number of nitrogens with zero attached hydrogens (tertiary/aromatic N) is 1. The van der Waals surface area contributed by atoms with Crippen molar-refractivity contribution in [2.45, 2.75) is 19.4 Å². The molecule has 83 valence electrons. The first-order valence-corrected chi connectivity index (χ1v) is 5.42. The van der Waals surface area contributed by atoms with E-state index in [9.17, 15) is 0 Å². The lowest BCUT2D eigenvalue weighted by molar-refractivity contribution is 0.224. The molecule has 1 aromatic rings. The summed E-state index contributed by atoms with van der Waals surface area (Å²) in [5.41, 5.74) is 1.37. The molecule has 0 aliphatic rings. The minimum atomic E-state index is 0.763. The van der Waals surface area contributed by atoms with Gasteiger partial charge in [0.2, 0.25) is 0 Å². The quantitative estimate of drug-likeness (QED) is 0.636. The first-order chi connectivity index (χ1) is 7.33. The van der Waals surface area contributed by atoms with Crippen LogP contribution in [0.5, 0.6) is 0 Å². The van der Waals surface area contributed by atoms with Crippen LogP contribution >= 0.6 is 0 Å². The predicted molar refractivity (Wildman–Crippen MR) is 63.3 cm³/mol. The van der Waals surface area contributed by atoms with E-state index in [4.69, 9.17) is 4.74 Å². The minimum Gasteiger partial charge on any atom is -0.379 e. The molecule has 0 bridgehead atoms. The molecule has 2 nitrogen and oxygen atoms in total. The van der Waals surface area contributed by atoms with Crippen LogP contribution in [0.25, 0.3) is 0 Å². The SMILES string of the molecule is [CH2]OCCCCN(C)Cc1ccccc1. The van der Waals surface area contributed by atoms with Crippen LogP contribution in [0.4, 0.5) is 0 Å². The molecule has 0 spiro atoms. The van der Waals surface area contributed by atoms with Crippen LogP contribution in [0.15, 0.2) is 30.3 Å². The van der Waals surface area contributed by atoms with Crippen molar-refractivity contribution in [2.75, 3.05) is 20.2 Å². The molecule has 1 rings (SSSR count). The van der Waals surface area contributed by atoms with E-state index >= 15 is 0 Å². The Morgan fingerprint density at radius 3 is 2.60 bits per heavy atom. The molecular formula is C13H20NO. The second kappa shape index (κ2) is 7.43. The van der Waals surface area contributed by atoms with Crippen LogP contribution in [-0.2, 0) is 11.3 Å². The predicted octanol–water partition coefficient (Wildman–Crippen LogP) is 2.71. The van der Waals surface area contributed by atoms with Crippen molar-refractivity contribution < 1.29 is 4.74 Å². The van der Waals surface area contributed by atoms with E-state index in [0.717, 1.165) is 26.1 Å². The molecule has 0 saturated heterocycles. The van der Waals surface area contributed by atoms with Gasteiger partial charge in [0.1, 0.15) is 0 Å². The zero-order valence-corrected chi connectivity index (χ0v) is 9.48. The van der Waals surface area contributed by atoms with E-state index in [1.807, 2.05) is 0 Å². The fraction of sp³-hybridized carbons (Fsp3) is 0.462. The zero-order chi connectivity index (χ0) is 10.9. The molecule has 2 heteroatoms. The number of hydrogen-bond acceptors (Lipinski definition) is 2. The van der Waals surface area contributed by atoms with Gasteiger partial charge in [-0.05, 0) is 32.0 Å². The highest BCUT2D eigenvalue weighted by Gasteiger charge is 1.99. The van der Waals surface area contributed by atoms with E-state index in [-0.39, 0.29) is 0 Å². The maximum Gasteiger partial charge on any atom is 0.0700 e. The molecule has 1 radical (unpaired) electrons. The largest absolute Gasteiger partial charge is 0.379 e. The summed E-state index contributed by atoms with van der Waals surface area (Å²) in [6.45, 7) is 2.89. The fourth-order valence-electron chi connectivity index (χ4n) is 1.56. The number of rotatable bonds is 7. The van der Waals surface area contributed by atoms with Crippen LogP contribution in [0.3, 0.4) is 0 Å². The summed E-state index contributed by atoms with van der Waals surface area (Å²) in [6, 6.07) is 10.5. The molecule has 0 saturated carbocycles. The second-order valence-corrected chi connectivity index (χ2v) is 3.84. The van der Waals surface area contributed by atoms with Gasteiger partial charge in [-0.25, -0.2) is 0 Å². The Morgan fingerprint density at radius 1 is 1.20 bits per heavy atom. The standard InChI is InChI=1S/C13H20NO/c1-14(10-6-7-11-15-2)12-13-8-4-3-5-9-13/h3-5,8-9H,2,6-7,10-12H2,1H3. The van der Waals surface area contributed by atoms with E-state index in [0.29, 0.717) is 0 Å². The molecule has 1 aromatic carbocycles. The summed E-state index contributed by atoms with van der Waals surface area (Å²) < 4.78 is 4.77. The van der Waals surface area contributed by atoms with Gasteiger partial charge in [0.25, 0.3) is 0 Å². The van der Waals surface area contributed by atoms with Gasteiger partial charge in [0.15, 0.2) is 0 Å². The summed E-state index contributed by atoms with van der Waals surface area (Å²) in [6.07, 6.45) is 2.25. The summed E-state index contributed by atoms with van der Waals surface area (Å²) in [5.74, 6) is 0. The number of hydrogen-bond donors (Lipinski definition) is 0. The highest BCUT2D eigenvalue weighted by Crippen LogP contribution is 2.03. The Labute approximate surface area is 92.9 Å². The van der Waals surface area contributed by atoms with Crippen LogP contribution in [0.1, 0.15) is 18.4 Å². The van der Waals surface area contributed by atoms with Gasteiger partial charge in [0, 0.05) is 13.2 Å². The van der Waals surface area contributed by atoms with E-state index in [1.165, 1.54) is 12.0 Å². The molecule has 0 amide bonds. The Bertz CT molecular complexity index is 248. The smallest absolute Gasteiger partial charge is 0.0700 e. The van der Waals surface area contributed by atoms with Crippen LogP contribution in [0.2, 0.25) is 0 Å². The highest BCUT2D eigenvalue weighted by molar-refractivity contribution is 5.14. The molecule has 0 fully saturated rings. The van der Waals surface area contributed by atoms with Crippen LogP contribution < -0.4 is 0 Å². The highest BCUT2D eigenvalue weighted by atomic mass is 16.5. The molecule has 15 heavy (non-hydrogen) atoms. The third-order valence-electron chi connectivity index (χ3n) is 2.37. The number of benzene rings is 1. The average molecular weight is 206 g/mol. The van der Waals surface area contributed by atoms with Crippen molar-refractivity contribution in [3.63, 3.8) is 0 Å². The van der Waals surface area contributed by atoms with Crippen LogP contribution in [-0.4, -0.2) is 25.1 Å². The number of unbranched alkanes of at least 4 members (excludes halogenated alkanes) is 1. The van der Waals surface area contributed by atoms with Gasteiger partial charge in [0.05, 0.1) is 7.11 Å². The molecule has 0 heterocycles. The van der Waals surface area contributed by atoms with Gasteiger partial charge in [-0.1, -0.05) is 30.3 Å². The van der Waals surface area contributed by atoms with Gasteiger partial charge in [-0.15, -0.1) is 0 Å². The first-order valence-electron chi connectivity index (χ1n) is 5.42. The van der Waals surface area contributed by atoms with Crippen molar-refractivity contribution >= 4 is 0 Å². The van der Waals surface area contributed by atoms with Gasteiger partial charge >= 0.3 is 0 Å². The fourth-order valence-corrected chi connectivity index (χ4v) is 1.56. The Hall–Kier alpha value is -0.860. The molecule has 0 atom stereocenters. The minimum absolute atomic E-state index is 0.763. The maximum atomic E-state index is 4.77. The molecule has 0 unspecified atom stereocenters. The van der Waals surface area contributed by atoms with Gasteiger partial charge in [-0.2, -0.15) is 0 Å². The van der Waals surface area contributed by atoms with Crippen molar-refractivity contribution in [3.8, 4) is 0 Å². The summed E-state index contributed by atoms with van der Waals surface area (Å²) >= 11 is 0. The van der Waals surface area contributed by atoms with Crippen molar-refractivity contribution in [1.29, 1.82) is 0 Å². The van der Waals surface area contributed by atoms with Crippen molar-refractivity contribution in [1.82, 2.24) is 4.90 Å². The second-order valence-electron chi connectivity index (χ2n) is 3.84. The van der Waals surface area contributed by atoms with Gasteiger partial charge < -0.3 is 9.64 Å². The lowest BCUT2D eigenvalue weighted by Gasteiger charge is -2.16. The first kappa shape index (κ1) is 12.2. The monoisotopic (exact) mass is 206 g/mol. The van der Waals surface area contributed by atoms with E-state index in [1.54, 1.807) is 0 Å². The number of ether oxygens (including phenoxy) is 1. The third kappa shape index (κ3) is 5.55. The third-order valence-corrected chi connectivity index (χ3v) is 2.37. The van der Waals surface area contributed by atoms with E-state index in [2.05, 4.69) is 49.4 Å². The molecule has 0 N–H and O–H groups in total. The molecule has 0 aliphatic carbocycles. The van der Waals surface area contributed by atoms with Gasteiger partial charge in [-0.3, -0.25) is 0 Å². The lowest BCUT2D eigenvalue weighted by atomic mass is 10.2. The zero-order valence-electron chi connectivity index (χ0n) is 9.48. The Morgan fingerprint density at radius 2 is 1.93 bits per heavy atom. The Kier molecular flexibility index (Phi) is 6.05.